The predicted octanol–water partition coefficient (Wildman–Crippen LogP) is 7.82. The van der Waals surface area contributed by atoms with Gasteiger partial charge in [0.25, 0.3) is 11.9 Å². The van der Waals surface area contributed by atoms with E-state index in [9.17, 15) is 20.4 Å². The maximum atomic E-state index is 10.1. The van der Waals surface area contributed by atoms with Crippen LogP contribution < -0.4 is 4.74 Å². The second-order valence-electron chi connectivity index (χ2n) is 14.3. The monoisotopic (exact) mass is 894 g/mol. The molecule has 4 rings (SSSR count). The maximum absolute atomic E-state index is 10.1. The Morgan fingerprint density at radius 1 is 0.542 bits per heavy atom. The van der Waals surface area contributed by atoms with Gasteiger partial charge >= 0.3 is 0 Å². The van der Waals surface area contributed by atoms with Crippen molar-refractivity contribution in [2.24, 2.45) is 30.8 Å². The summed E-state index contributed by atoms with van der Waals surface area (Å²) in [5.74, 6) is -0.431. The molecule has 59 heavy (non-hydrogen) atoms. The second-order valence-corrected chi connectivity index (χ2v) is 14.3. The Kier molecular flexibility index (Phi) is 27.2. The molecule has 2 radical (unpaired) electrons. The summed E-state index contributed by atoms with van der Waals surface area (Å²) in [6, 6.07) is 25.1. The number of aryl methyl sites for hydroxylation is 1. The van der Waals surface area contributed by atoms with Gasteiger partial charge in [-0.05, 0) is 55.0 Å². The number of phenolic OH excluding ortho intramolecular Hbond substituents is 4. The third kappa shape index (κ3) is 24.2. The average molecular weight is 895 g/mol. The Bertz CT molecular complexity index is 1920. The first-order valence-electron chi connectivity index (χ1n) is 17.9. The minimum atomic E-state index is -0.833. The summed E-state index contributed by atoms with van der Waals surface area (Å²) in [6.45, 7) is 14.7. The van der Waals surface area contributed by atoms with E-state index < -0.39 is 11.9 Å². The minimum absolute atomic E-state index is 0. The van der Waals surface area contributed by atoms with Gasteiger partial charge in [0.05, 0.1) is 7.11 Å². The number of methoxy groups -OCH3 is 1. The molecule has 0 aromatic heterocycles. The first-order valence-corrected chi connectivity index (χ1v) is 17.9. The molecule has 0 amide bonds. The van der Waals surface area contributed by atoms with Crippen LogP contribution in [0.2, 0.25) is 0 Å². The molecule has 15 heteroatoms. The fourth-order valence-corrected chi connectivity index (χ4v) is 4.45. The van der Waals surface area contributed by atoms with E-state index in [-0.39, 0.29) is 68.0 Å². The second kappa shape index (κ2) is 28.9. The van der Waals surface area contributed by atoms with Crippen LogP contribution in [0.25, 0.3) is 0 Å². The van der Waals surface area contributed by atoms with Crippen LogP contribution in [0.15, 0.2) is 105 Å². The molecule has 0 saturated heterocycles. The molecule has 0 unspecified atom stereocenters. The number of aromatic hydroxyl groups is 4. The number of carboxylic acid groups (broad SMARTS) is 2. The van der Waals surface area contributed by atoms with Crippen LogP contribution in [-0.2, 0) is 43.7 Å². The molecule has 6 N–H and O–H groups in total. The molecule has 13 nitrogen and oxygen atoms in total. The molecule has 0 atom stereocenters. The van der Waals surface area contributed by atoms with E-state index in [1.807, 2.05) is 55.5 Å². The van der Waals surface area contributed by atoms with Crippen molar-refractivity contribution in [3.05, 3.63) is 113 Å². The van der Waals surface area contributed by atoms with Crippen LogP contribution in [0.1, 0.15) is 69.4 Å². The van der Waals surface area contributed by atoms with Gasteiger partial charge in [-0.15, -0.1) is 0 Å². The van der Waals surface area contributed by atoms with Crippen LogP contribution in [0, 0.1) is 17.8 Å². The van der Waals surface area contributed by atoms with Crippen molar-refractivity contribution in [2.45, 2.75) is 48.5 Å². The van der Waals surface area contributed by atoms with Crippen LogP contribution in [-0.4, -0.2) is 101 Å². The van der Waals surface area contributed by atoms with Crippen molar-refractivity contribution in [2.75, 3.05) is 33.3 Å². The van der Waals surface area contributed by atoms with Gasteiger partial charge < -0.3 is 35.4 Å². The molecule has 320 valence electrons. The van der Waals surface area contributed by atoms with Crippen molar-refractivity contribution in [1.82, 2.24) is 0 Å². The number of hydrogen-bond donors (Lipinski definition) is 6. The summed E-state index contributed by atoms with van der Waals surface area (Å²) in [6.07, 6.45) is 6.71. The van der Waals surface area contributed by atoms with Crippen molar-refractivity contribution in [3.8, 4) is 28.7 Å². The van der Waals surface area contributed by atoms with E-state index in [0.29, 0.717) is 54.2 Å². The van der Waals surface area contributed by atoms with Gasteiger partial charge in [0.2, 0.25) is 0 Å². The molecule has 0 saturated carbocycles. The molecule has 0 aliphatic heterocycles. The number of hydrogen-bond acceptors (Lipinski definition) is 11. The van der Waals surface area contributed by atoms with E-state index in [1.165, 1.54) is 7.11 Å². The number of para-hydroxylation sites is 4. The molecule has 0 fully saturated rings. The SMILES string of the molecule is CC(=O)O.CC(=O)O.CC(C)(CN=Cc1ccccc1O)CN=Cc1ccccc1O.COc1cccc(C=NCC(C)(C)CN=Cc2cccc(C)c2O)c1O.[Mn].[Mn]. The van der Waals surface area contributed by atoms with Crippen molar-refractivity contribution in [1.29, 1.82) is 0 Å². The van der Waals surface area contributed by atoms with E-state index >= 15 is 0 Å². The fourth-order valence-electron chi connectivity index (χ4n) is 4.45. The first-order chi connectivity index (χ1) is 26.8. The summed E-state index contributed by atoms with van der Waals surface area (Å²) in [4.78, 5) is 35.7. The largest absolute Gasteiger partial charge is 0.507 e. The van der Waals surface area contributed by atoms with Gasteiger partial charge in [-0.1, -0.05) is 70.2 Å². The van der Waals surface area contributed by atoms with Crippen LogP contribution in [0.5, 0.6) is 28.7 Å². The molecule has 0 bridgehead atoms. The molecule has 0 spiro atoms. The Labute approximate surface area is 368 Å². The zero-order chi connectivity index (χ0) is 43.0. The summed E-state index contributed by atoms with van der Waals surface area (Å²) >= 11 is 0. The third-order valence-electron chi connectivity index (χ3n) is 7.39. The fraction of sp³-hybridized carbons (Fsp3) is 0.318. The van der Waals surface area contributed by atoms with Crippen molar-refractivity contribution >= 4 is 36.8 Å². The zero-order valence-corrected chi connectivity index (χ0v) is 37.0. The van der Waals surface area contributed by atoms with E-state index in [4.69, 9.17) is 24.5 Å². The van der Waals surface area contributed by atoms with Crippen molar-refractivity contribution < 1.29 is 79.1 Å². The van der Waals surface area contributed by atoms with E-state index in [0.717, 1.165) is 19.4 Å². The Hall–Kier alpha value is -5.46. The van der Waals surface area contributed by atoms with Gasteiger partial charge in [0.15, 0.2) is 11.5 Å². The van der Waals surface area contributed by atoms with Gasteiger partial charge in [-0.2, -0.15) is 0 Å². The minimum Gasteiger partial charge on any atom is -0.507 e. The molecular formula is C44H56Mn2N4O9. The number of carboxylic acids is 2. The Morgan fingerprint density at radius 2 is 0.847 bits per heavy atom. The number of aliphatic carboxylic acids is 2. The topological polar surface area (TPSA) is 214 Å². The number of ether oxygens (including phenoxy) is 1. The molecule has 0 heterocycles. The maximum Gasteiger partial charge on any atom is 0.300 e. The average Bonchev–Trinajstić information content (AvgIpc) is 3.12. The van der Waals surface area contributed by atoms with Gasteiger partial charge in [-0.25, -0.2) is 0 Å². The normalized spacial score (nSPS) is 11.0. The van der Waals surface area contributed by atoms with Crippen LogP contribution >= 0.6 is 0 Å². The number of phenols is 4. The summed E-state index contributed by atoms with van der Waals surface area (Å²) in [5, 5.41) is 54.3. The first kappa shape index (κ1) is 55.6. The third-order valence-corrected chi connectivity index (χ3v) is 7.39. The van der Waals surface area contributed by atoms with Crippen molar-refractivity contribution in [3.63, 3.8) is 0 Å². The molecule has 0 aliphatic carbocycles. The Morgan fingerprint density at radius 3 is 1.20 bits per heavy atom. The van der Waals surface area contributed by atoms with E-state index in [1.54, 1.807) is 61.3 Å². The van der Waals surface area contributed by atoms with Gasteiger partial charge in [0, 0.05) is 132 Å². The van der Waals surface area contributed by atoms with Crippen LogP contribution in [0.4, 0.5) is 0 Å². The quantitative estimate of drug-likeness (QED) is 0.0569. The number of nitrogens with zero attached hydrogens (tertiary/aromatic N) is 4. The summed E-state index contributed by atoms with van der Waals surface area (Å²) < 4.78 is 5.09. The molecule has 4 aromatic carbocycles. The standard InChI is InChI=1S/C21H26N2O3.C19H22N2O2.2C2H4O2.2Mn/c1-15-7-5-8-16(19(15)24)11-22-13-21(2,3)14-23-12-17-9-6-10-18(26-4)20(17)25;1-19(2,13-20-11-15-7-3-5-9-17(15)22)14-21-12-16-8-4-6-10-18(16)23;2*1-2(3)4;;/h5-12,24-25H,13-14H2,1-4H3;3-12,22-23H,13-14H2,1-2H3;2*1H3,(H,3,4);;. The Balaban J connectivity index is 0. The zero-order valence-electron chi connectivity index (χ0n) is 34.7. The number of carbonyl (C=O) groups is 2. The number of benzene rings is 4. The summed E-state index contributed by atoms with van der Waals surface area (Å²) in [7, 11) is 1.52. The van der Waals surface area contributed by atoms with Crippen LogP contribution in [0.3, 0.4) is 0 Å². The number of rotatable bonds is 13. The molecule has 4 aromatic rings. The van der Waals surface area contributed by atoms with E-state index in [2.05, 4.69) is 47.7 Å². The van der Waals surface area contributed by atoms with Gasteiger partial charge in [0.1, 0.15) is 17.2 Å². The number of aliphatic imine (C=N–C) groups is 4. The molecular weight excluding hydrogens is 838 g/mol. The molecule has 0 aliphatic rings. The van der Waals surface area contributed by atoms with Gasteiger partial charge in [-0.3, -0.25) is 29.6 Å². The summed E-state index contributed by atoms with van der Waals surface area (Å²) in [5.41, 5.74) is 3.32. The smallest absolute Gasteiger partial charge is 0.300 e. The predicted molar refractivity (Wildman–Crippen MR) is 228 cm³/mol.